The van der Waals surface area contributed by atoms with Crippen molar-refractivity contribution in [1.29, 1.82) is 0 Å². The number of nitrogens with zero attached hydrogens (tertiary/aromatic N) is 1. The normalized spacial score (nSPS) is 15.0. The van der Waals surface area contributed by atoms with Crippen molar-refractivity contribution < 1.29 is 9.59 Å². The summed E-state index contributed by atoms with van der Waals surface area (Å²) in [6.45, 7) is 4.06. The van der Waals surface area contributed by atoms with Gasteiger partial charge in [-0.05, 0) is 19.9 Å². The highest BCUT2D eigenvalue weighted by molar-refractivity contribution is 6.29. The van der Waals surface area contributed by atoms with Crippen molar-refractivity contribution in [3.8, 4) is 0 Å². The first-order valence-corrected chi connectivity index (χ1v) is 5.80. The van der Waals surface area contributed by atoms with Crippen molar-refractivity contribution in [2.75, 3.05) is 0 Å². The molecule has 0 spiro atoms. The molecule has 1 heterocycles. The fraction of sp³-hybridized carbons (Fsp3) is 0.286. The average Bonchev–Trinajstić information content (AvgIpc) is 2.76. The van der Waals surface area contributed by atoms with Crippen LogP contribution in [0, 0.1) is 0 Å². The van der Waals surface area contributed by atoms with Gasteiger partial charge >= 0.3 is 0 Å². The Labute approximate surface area is 99.0 Å². The number of aromatic nitrogens is 1. The molecule has 0 atom stereocenters. The van der Waals surface area contributed by atoms with E-state index in [4.69, 9.17) is 0 Å². The van der Waals surface area contributed by atoms with Gasteiger partial charge in [-0.1, -0.05) is 18.2 Å². The number of fused-ring (bicyclic) bond motifs is 3. The largest absolute Gasteiger partial charge is 0.335 e. The van der Waals surface area contributed by atoms with Crippen molar-refractivity contribution in [1.82, 2.24) is 4.57 Å². The summed E-state index contributed by atoms with van der Waals surface area (Å²) in [5, 5.41) is 0.909. The number of carbonyl (C=O) groups excluding carboxylic acids is 2. The summed E-state index contributed by atoms with van der Waals surface area (Å²) >= 11 is 0. The van der Waals surface area contributed by atoms with Crippen molar-refractivity contribution >= 4 is 22.5 Å². The summed E-state index contributed by atoms with van der Waals surface area (Å²) in [6, 6.07) is 7.91. The predicted octanol–water partition coefficient (Wildman–Crippen LogP) is 2.99. The van der Waals surface area contributed by atoms with Gasteiger partial charge in [-0.25, -0.2) is 0 Å². The van der Waals surface area contributed by atoms with Crippen molar-refractivity contribution in [2.24, 2.45) is 0 Å². The molecule has 0 bridgehead atoms. The average molecular weight is 227 g/mol. The van der Waals surface area contributed by atoms with Crippen molar-refractivity contribution in [3.05, 3.63) is 35.5 Å². The molecule has 1 aliphatic rings. The van der Waals surface area contributed by atoms with Crippen LogP contribution < -0.4 is 0 Å². The Bertz CT molecular complexity index is 650. The van der Waals surface area contributed by atoms with Crippen LogP contribution >= 0.6 is 0 Å². The molecular formula is C14H13NO2. The smallest absolute Gasteiger partial charge is 0.187 e. The second kappa shape index (κ2) is 3.29. The third-order valence-corrected chi connectivity index (χ3v) is 3.29. The highest BCUT2D eigenvalue weighted by atomic mass is 16.2. The molecule has 0 saturated carbocycles. The summed E-state index contributed by atoms with van der Waals surface area (Å²) in [5.74, 6) is -0.0875. The van der Waals surface area contributed by atoms with Crippen LogP contribution in [0.15, 0.2) is 24.3 Å². The summed E-state index contributed by atoms with van der Waals surface area (Å²) in [6.07, 6.45) is 0.0300. The van der Waals surface area contributed by atoms with Crippen molar-refractivity contribution in [3.63, 3.8) is 0 Å². The zero-order valence-electron chi connectivity index (χ0n) is 9.86. The van der Waals surface area contributed by atoms with E-state index in [0.29, 0.717) is 11.3 Å². The molecule has 2 aromatic rings. The fourth-order valence-electron chi connectivity index (χ4n) is 2.67. The van der Waals surface area contributed by atoms with Crippen LogP contribution in [0.25, 0.3) is 10.9 Å². The topological polar surface area (TPSA) is 39.1 Å². The van der Waals surface area contributed by atoms with E-state index in [0.717, 1.165) is 10.9 Å². The third kappa shape index (κ3) is 1.22. The van der Waals surface area contributed by atoms with Crippen LogP contribution in [-0.2, 0) is 0 Å². The molecule has 0 unspecified atom stereocenters. The van der Waals surface area contributed by atoms with E-state index in [9.17, 15) is 9.59 Å². The number of rotatable bonds is 1. The Morgan fingerprint density at radius 2 is 1.82 bits per heavy atom. The molecule has 3 heteroatoms. The van der Waals surface area contributed by atoms with Gasteiger partial charge in [0.1, 0.15) is 0 Å². The number of Topliss-reactive ketones (excluding diaryl/α,β-unsaturated/α-hetero) is 2. The van der Waals surface area contributed by atoms with Gasteiger partial charge in [-0.3, -0.25) is 9.59 Å². The van der Waals surface area contributed by atoms with Gasteiger partial charge in [0.2, 0.25) is 0 Å². The Morgan fingerprint density at radius 3 is 2.53 bits per heavy atom. The molecule has 0 N–H and O–H groups in total. The molecule has 0 fully saturated rings. The molecule has 17 heavy (non-hydrogen) atoms. The van der Waals surface area contributed by atoms with Crippen molar-refractivity contribution in [2.45, 2.75) is 26.3 Å². The third-order valence-electron chi connectivity index (χ3n) is 3.29. The van der Waals surface area contributed by atoms with Crippen LogP contribution in [0.1, 0.15) is 47.2 Å². The number of hydrogen-bond donors (Lipinski definition) is 0. The molecule has 1 aliphatic carbocycles. The van der Waals surface area contributed by atoms with Crippen LogP contribution in [0.3, 0.4) is 0 Å². The van der Waals surface area contributed by atoms with Crippen LogP contribution in [0.5, 0.6) is 0 Å². The van der Waals surface area contributed by atoms with Gasteiger partial charge in [0.25, 0.3) is 0 Å². The molecule has 0 amide bonds. The van der Waals surface area contributed by atoms with E-state index < -0.39 is 0 Å². The summed E-state index contributed by atoms with van der Waals surface area (Å²) in [4.78, 5) is 23.8. The molecule has 3 rings (SSSR count). The van der Waals surface area contributed by atoms with E-state index in [-0.39, 0.29) is 24.0 Å². The minimum Gasteiger partial charge on any atom is -0.335 e. The van der Waals surface area contributed by atoms with E-state index in [1.807, 2.05) is 42.7 Å². The molecule has 0 radical (unpaired) electrons. The maximum atomic E-state index is 11.9. The van der Waals surface area contributed by atoms with Crippen LogP contribution in [0.2, 0.25) is 0 Å². The van der Waals surface area contributed by atoms with Gasteiger partial charge in [-0.2, -0.15) is 0 Å². The highest BCUT2D eigenvalue weighted by Crippen LogP contribution is 2.34. The van der Waals surface area contributed by atoms with E-state index >= 15 is 0 Å². The second-order valence-electron chi connectivity index (χ2n) is 4.73. The molecular weight excluding hydrogens is 214 g/mol. The molecule has 0 aliphatic heterocycles. The van der Waals surface area contributed by atoms with Gasteiger partial charge in [0.15, 0.2) is 11.6 Å². The summed E-state index contributed by atoms with van der Waals surface area (Å²) in [5.41, 5.74) is 2.21. The first-order chi connectivity index (χ1) is 8.11. The minimum absolute atomic E-state index is 0.0300. The quantitative estimate of drug-likeness (QED) is 0.702. The molecule has 3 nitrogen and oxygen atoms in total. The van der Waals surface area contributed by atoms with Crippen LogP contribution in [0.4, 0.5) is 0 Å². The zero-order valence-corrected chi connectivity index (χ0v) is 9.86. The lowest BCUT2D eigenvalue weighted by Gasteiger charge is -2.12. The first-order valence-electron chi connectivity index (χ1n) is 5.80. The van der Waals surface area contributed by atoms with E-state index in [1.165, 1.54) is 0 Å². The number of hydrogen-bond acceptors (Lipinski definition) is 2. The van der Waals surface area contributed by atoms with Gasteiger partial charge in [-0.15, -0.1) is 0 Å². The number of para-hydroxylation sites is 1. The maximum absolute atomic E-state index is 11.9. The monoisotopic (exact) mass is 227 g/mol. The number of carbonyl (C=O) groups is 2. The zero-order chi connectivity index (χ0) is 12.2. The molecule has 1 aromatic carbocycles. The van der Waals surface area contributed by atoms with E-state index in [2.05, 4.69) is 0 Å². The lowest BCUT2D eigenvalue weighted by molar-refractivity contribution is 0.0919. The Kier molecular flexibility index (Phi) is 1.99. The predicted molar refractivity (Wildman–Crippen MR) is 65.6 cm³/mol. The standard InChI is InChI=1S/C14H13NO2/c1-8(2)15-10-6-4-3-5-9(10)13-11(16)7-12(17)14(13)15/h3-6,8H,7H2,1-2H3. The Hall–Kier alpha value is -1.90. The number of ketones is 2. The van der Waals surface area contributed by atoms with E-state index in [1.54, 1.807) is 0 Å². The first kappa shape index (κ1) is 10.3. The Balaban J connectivity index is 2.51. The SMILES string of the molecule is CC(C)n1c2c(c3ccccc31)C(=O)CC2=O. The van der Waals surface area contributed by atoms with Crippen LogP contribution in [-0.4, -0.2) is 16.1 Å². The Morgan fingerprint density at radius 1 is 1.12 bits per heavy atom. The summed E-state index contributed by atoms with van der Waals surface area (Å²) < 4.78 is 1.98. The molecule has 1 aromatic heterocycles. The van der Waals surface area contributed by atoms with Gasteiger partial charge < -0.3 is 4.57 Å². The van der Waals surface area contributed by atoms with Gasteiger partial charge in [0.05, 0.1) is 17.7 Å². The lowest BCUT2D eigenvalue weighted by Crippen LogP contribution is -2.08. The fourth-order valence-corrected chi connectivity index (χ4v) is 2.67. The second-order valence-corrected chi connectivity index (χ2v) is 4.73. The molecule has 0 saturated heterocycles. The summed E-state index contributed by atoms with van der Waals surface area (Å²) in [7, 11) is 0. The lowest BCUT2D eigenvalue weighted by atomic mass is 10.1. The highest BCUT2D eigenvalue weighted by Gasteiger charge is 2.34. The maximum Gasteiger partial charge on any atom is 0.187 e. The van der Waals surface area contributed by atoms with Gasteiger partial charge in [0, 0.05) is 16.9 Å². The number of benzene rings is 1. The molecule has 86 valence electrons. The minimum atomic E-state index is -0.0464.